The molecule has 8 heteroatoms. The summed E-state index contributed by atoms with van der Waals surface area (Å²) in [6, 6.07) is 8.39. The quantitative estimate of drug-likeness (QED) is 0.582. The Balaban J connectivity index is 1.29. The number of aromatic nitrogens is 2. The van der Waals surface area contributed by atoms with Gasteiger partial charge in [0.05, 0.1) is 5.69 Å². The molecule has 0 radical (unpaired) electrons. The van der Waals surface area contributed by atoms with Crippen LogP contribution in [0.1, 0.15) is 40.0 Å². The molecule has 2 aliphatic rings. The van der Waals surface area contributed by atoms with Crippen molar-refractivity contribution < 1.29 is 4.79 Å². The Morgan fingerprint density at radius 1 is 1.23 bits per heavy atom. The fourth-order valence-corrected chi connectivity index (χ4v) is 5.63. The lowest BCUT2D eigenvalue weighted by Gasteiger charge is -2.26. The first-order valence-corrected chi connectivity index (χ1v) is 11.7. The Kier molecular flexibility index (Phi) is 5.06. The van der Waals surface area contributed by atoms with Crippen molar-refractivity contribution in [2.24, 2.45) is 11.7 Å². The summed E-state index contributed by atoms with van der Waals surface area (Å²) < 4.78 is 0. The van der Waals surface area contributed by atoms with E-state index in [0.29, 0.717) is 16.5 Å². The summed E-state index contributed by atoms with van der Waals surface area (Å²) in [5.74, 6) is 1.39. The second-order valence-electron chi connectivity index (χ2n) is 8.88. The topological polar surface area (TPSA) is 110 Å². The van der Waals surface area contributed by atoms with Crippen molar-refractivity contribution in [3.63, 3.8) is 0 Å². The zero-order valence-electron chi connectivity index (χ0n) is 17.9. The molecule has 1 saturated heterocycles. The normalized spacial score (nSPS) is 23.2. The number of carbonyl (C=O) groups excluding carboxylic acids is 1. The second-order valence-corrected chi connectivity index (χ2v) is 9.88. The van der Waals surface area contributed by atoms with Gasteiger partial charge < -0.3 is 21.7 Å². The number of carbonyl (C=O) groups is 1. The number of amides is 1. The summed E-state index contributed by atoms with van der Waals surface area (Å²) >= 11 is 1.36. The molecule has 0 aromatic carbocycles. The van der Waals surface area contributed by atoms with E-state index in [4.69, 9.17) is 16.5 Å². The smallest absolute Gasteiger partial charge is 0.263 e. The molecule has 3 atom stereocenters. The van der Waals surface area contributed by atoms with E-state index in [2.05, 4.69) is 34.3 Å². The minimum absolute atomic E-state index is 0.0761. The van der Waals surface area contributed by atoms with Crippen LogP contribution in [-0.2, 0) is 12.8 Å². The van der Waals surface area contributed by atoms with Gasteiger partial charge in [-0.3, -0.25) is 4.79 Å². The minimum atomic E-state index is -0.115. The molecule has 4 heterocycles. The third kappa shape index (κ3) is 3.74. The third-order valence-electron chi connectivity index (χ3n) is 6.52. The lowest BCUT2D eigenvalue weighted by molar-refractivity contribution is 0.0938. The highest BCUT2D eigenvalue weighted by molar-refractivity contribution is 7.21. The summed E-state index contributed by atoms with van der Waals surface area (Å²) in [4.78, 5) is 26.0. The van der Waals surface area contributed by atoms with Gasteiger partial charge in [-0.2, -0.15) is 0 Å². The van der Waals surface area contributed by atoms with Crippen LogP contribution in [0.2, 0.25) is 0 Å². The largest absolute Gasteiger partial charge is 0.397 e. The molecule has 1 aliphatic heterocycles. The molecule has 1 amide bonds. The van der Waals surface area contributed by atoms with Gasteiger partial charge in [-0.15, -0.1) is 11.3 Å². The summed E-state index contributed by atoms with van der Waals surface area (Å²) in [7, 11) is 0. The molecule has 0 bridgehead atoms. The number of rotatable bonds is 3. The number of nitrogens with one attached hydrogen (secondary N) is 1. The maximum absolute atomic E-state index is 12.9. The van der Waals surface area contributed by atoms with E-state index in [0.717, 1.165) is 59.8 Å². The zero-order chi connectivity index (χ0) is 21.7. The van der Waals surface area contributed by atoms with Gasteiger partial charge in [-0.25, -0.2) is 9.97 Å². The third-order valence-corrected chi connectivity index (χ3v) is 7.63. The van der Waals surface area contributed by atoms with Gasteiger partial charge in [-0.05, 0) is 55.9 Å². The average molecular weight is 437 g/mol. The van der Waals surface area contributed by atoms with Gasteiger partial charge in [0.25, 0.3) is 5.91 Å². The molecule has 7 nitrogen and oxygen atoms in total. The summed E-state index contributed by atoms with van der Waals surface area (Å²) in [6.45, 7) is 5.94. The number of anilines is 2. The Hall–Kier alpha value is -2.71. The van der Waals surface area contributed by atoms with Crippen molar-refractivity contribution in [1.82, 2.24) is 15.3 Å². The number of aryl methyl sites for hydroxylation is 2. The van der Waals surface area contributed by atoms with Crippen LogP contribution in [0, 0.1) is 12.8 Å². The van der Waals surface area contributed by atoms with Crippen molar-refractivity contribution in [1.29, 1.82) is 0 Å². The molecule has 0 saturated carbocycles. The SMILES string of the molecule is Cc1ccc2c(N)c(C(=O)NC3CCc4nc(N5CC(C)C(N)C5)ccc4C3)sc2n1. The van der Waals surface area contributed by atoms with E-state index >= 15 is 0 Å². The van der Waals surface area contributed by atoms with Crippen LogP contribution in [0.5, 0.6) is 0 Å². The van der Waals surface area contributed by atoms with Gasteiger partial charge >= 0.3 is 0 Å². The first-order valence-electron chi connectivity index (χ1n) is 10.8. The molecule has 31 heavy (non-hydrogen) atoms. The maximum Gasteiger partial charge on any atom is 0.263 e. The number of pyridine rings is 2. The minimum Gasteiger partial charge on any atom is -0.397 e. The van der Waals surface area contributed by atoms with Crippen LogP contribution in [0.4, 0.5) is 11.5 Å². The lowest BCUT2D eigenvalue weighted by Crippen LogP contribution is -2.39. The van der Waals surface area contributed by atoms with Crippen LogP contribution >= 0.6 is 11.3 Å². The number of nitrogens with zero attached hydrogens (tertiary/aromatic N) is 3. The number of thiophene rings is 1. The van der Waals surface area contributed by atoms with E-state index in [1.165, 1.54) is 16.9 Å². The summed E-state index contributed by atoms with van der Waals surface area (Å²) in [6.07, 6.45) is 2.51. The molecule has 3 aromatic heterocycles. The molecule has 162 valence electrons. The fraction of sp³-hybridized carbons (Fsp3) is 0.435. The van der Waals surface area contributed by atoms with Crippen LogP contribution in [-0.4, -0.2) is 41.0 Å². The predicted octanol–water partition coefficient (Wildman–Crippen LogP) is 2.65. The molecule has 1 aliphatic carbocycles. The van der Waals surface area contributed by atoms with Crippen molar-refractivity contribution in [3.8, 4) is 0 Å². The Labute approximate surface area is 185 Å². The molecule has 1 fully saturated rings. The molecular weight excluding hydrogens is 408 g/mol. The Bertz CT molecular complexity index is 1150. The summed E-state index contributed by atoms with van der Waals surface area (Å²) in [5.41, 5.74) is 16.2. The van der Waals surface area contributed by atoms with Gasteiger partial charge in [0.1, 0.15) is 15.5 Å². The standard InChI is InChI=1S/C23H28N6OS/c1-12-10-29(11-17(12)24)19-8-4-14-9-15(5-7-18(14)28-19)27-22(30)21-20(25)16-6-3-13(2)26-23(16)31-21/h3-4,6,8,12,15,17H,5,7,9-11,24-25H2,1-2H3,(H,27,30). The predicted molar refractivity (Wildman–Crippen MR) is 126 cm³/mol. The Morgan fingerprint density at radius 2 is 2.06 bits per heavy atom. The van der Waals surface area contributed by atoms with E-state index in [9.17, 15) is 4.79 Å². The van der Waals surface area contributed by atoms with Crippen LogP contribution in [0.15, 0.2) is 24.3 Å². The molecule has 3 unspecified atom stereocenters. The van der Waals surface area contributed by atoms with Crippen molar-refractivity contribution in [2.75, 3.05) is 23.7 Å². The molecule has 5 N–H and O–H groups in total. The van der Waals surface area contributed by atoms with Crippen LogP contribution in [0.25, 0.3) is 10.2 Å². The number of hydrogen-bond donors (Lipinski definition) is 3. The van der Waals surface area contributed by atoms with Gasteiger partial charge in [0.15, 0.2) is 0 Å². The number of nitrogen functional groups attached to an aromatic ring is 1. The van der Waals surface area contributed by atoms with E-state index < -0.39 is 0 Å². The van der Waals surface area contributed by atoms with E-state index in [1.54, 1.807) is 0 Å². The van der Waals surface area contributed by atoms with E-state index in [1.807, 2.05) is 19.1 Å². The molecule has 3 aromatic rings. The number of fused-ring (bicyclic) bond motifs is 2. The first kappa shape index (κ1) is 20.2. The number of nitrogens with two attached hydrogens (primary N) is 2. The lowest BCUT2D eigenvalue weighted by atomic mass is 9.91. The highest BCUT2D eigenvalue weighted by Gasteiger charge is 2.29. The van der Waals surface area contributed by atoms with Crippen LogP contribution in [0.3, 0.4) is 0 Å². The number of hydrogen-bond acceptors (Lipinski definition) is 7. The second kappa shape index (κ2) is 7.76. The van der Waals surface area contributed by atoms with Gasteiger partial charge in [0.2, 0.25) is 0 Å². The zero-order valence-corrected chi connectivity index (χ0v) is 18.7. The van der Waals surface area contributed by atoms with Crippen molar-refractivity contribution >= 4 is 39.0 Å². The van der Waals surface area contributed by atoms with Gasteiger partial charge in [-0.1, -0.05) is 13.0 Å². The molecule has 0 spiro atoms. The van der Waals surface area contributed by atoms with Crippen molar-refractivity contribution in [2.45, 2.75) is 45.2 Å². The maximum atomic E-state index is 12.9. The fourth-order valence-electron chi connectivity index (χ4n) is 4.59. The first-order chi connectivity index (χ1) is 14.9. The van der Waals surface area contributed by atoms with Crippen molar-refractivity contribution in [3.05, 3.63) is 46.1 Å². The van der Waals surface area contributed by atoms with E-state index in [-0.39, 0.29) is 18.0 Å². The monoisotopic (exact) mass is 436 g/mol. The van der Waals surface area contributed by atoms with Gasteiger partial charge in [0, 0.05) is 41.9 Å². The average Bonchev–Trinajstić information content (AvgIpc) is 3.26. The van der Waals surface area contributed by atoms with Crippen LogP contribution < -0.4 is 21.7 Å². The molecule has 5 rings (SSSR count). The highest BCUT2D eigenvalue weighted by atomic mass is 32.1. The summed E-state index contributed by atoms with van der Waals surface area (Å²) in [5, 5.41) is 4.03. The Morgan fingerprint density at radius 3 is 2.84 bits per heavy atom. The highest BCUT2D eigenvalue weighted by Crippen LogP contribution is 2.33. The molecular formula is C23H28N6OS.